The van der Waals surface area contributed by atoms with Gasteiger partial charge in [0.05, 0.1) is 20.8 Å². The van der Waals surface area contributed by atoms with Crippen LogP contribution < -0.4 is 19.9 Å². The van der Waals surface area contributed by atoms with E-state index in [1.165, 1.54) is 4.90 Å². The fourth-order valence-corrected chi connectivity index (χ4v) is 5.02. The van der Waals surface area contributed by atoms with Gasteiger partial charge in [-0.05, 0) is 48.7 Å². The summed E-state index contributed by atoms with van der Waals surface area (Å²) in [7, 11) is 4.91. The van der Waals surface area contributed by atoms with E-state index in [0.29, 0.717) is 42.4 Å². The highest BCUT2D eigenvalue weighted by Crippen LogP contribution is 2.52. The molecule has 2 aromatic carbocycles. The maximum Gasteiger partial charge on any atom is 0.261 e. The highest BCUT2D eigenvalue weighted by atomic mass is 16.5. The van der Waals surface area contributed by atoms with Gasteiger partial charge in [-0.2, -0.15) is 0 Å². The Morgan fingerprint density at radius 1 is 1.16 bits per heavy atom. The molecule has 2 unspecified atom stereocenters. The first-order valence-corrected chi connectivity index (χ1v) is 10.7. The quantitative estimate of drug-likeness (QED) is 0.793. The molecule has 2 N–H and O–H groups in total. The molecular formula is C24H27N3O5. The maximum absolute atomic E-state index is 13.5. The summed E-state index contributed by atoms with van der Waals surface area (Å²) >= 11 is 0. The lowest BCUT2D eigenvalue weighted by Gasteiger charge is -2.46. The number of carbonyl (C=O) groups excluding carboxylic acids is 1. The number of hydrogen-bond donors (Lipinski definition) is 1. The van der Waals surface area contributed by atoms with Crippen LogP contribution in [0.15, 0.2) is 41.4 Å². The van der Waals surface area contributed by atoms with E-state index in [1.54, 1.807) is 21.3 Å². The highest BCUT2D eigenvalue weighted by molar-refractivity contribution is 6.07. The molecule has 0 radical (unpaired) electrons. The van der Waals surface area contributed by atoms with Crippen LogP contribution in [-0.4, -0.2) is 56.8 Å². The number of amides is 1. The standard InChI is InChI=1S/C24H27N3O5/c1-27-21(28)24(26-22(27)25)13-23(9-4-10-31-14-23)32-20-7-5-15(11-18(20)24)17-12-16(29-2)6-8-19(17)30-3/h5-8,11-12H,4,9-10,13-14H2,1-3H3,(H2,25,26). The average Bonchev–Trinajstić information content (AvgIpc) is 3.02. The van der Waals surface area contributed by atoms with Crippen LogP contribution in [0.5, 0.6) is 17.2 Å². The van der Waals surface area contributed by atoms with Crippen LogP contribution in [0.25, 0.3) is 11.1 Å². The summed E-state index contributed by atoms with van der Waals surface area (Å²) in [6, 6.07) is 11.4. The summed E-state index contributed by atoms with van der Waals surface area (Å²) in [5.74, 6) is 2.10. The van der Waals surface area contributed by atoms with E-state index in [-0.39, 0.29) is 11.9 Å². The molecule has 1 saturated heterocycles. The van der Waals surface area contributed by atoms with E-state index < -0.39 is 11.1 Å². The number of guanidine groups is 1. The van der Waals surface area contributed by atoms with Gasteiger partial charge in [0, 0.05) is 31.2 Å². The van der Waals surface area contributed by atoms with Crippen molar-refractivity contribution in [2.45, 2.75) is 30.4 Å². The van der Waals surface area contributed by atoms with Gasteiger partial charge in [-0.1, -0.05) is 6.07 Å². The van der Waals surface area contributed by atoms with E-state index in [2.05, 4.69) is 0 Å². The molecule has 0 saturated carbocycles. The van der Waals surface area contributed by atoms with Crippen LogP contribution in [0.3, 0.4) is 0 Å². The van der Waals surface area contributed by atoms with Gasteiger partial charge in [-0.25, -0.2) is 4.99 Å². The summed E-state index contributed by atoms with van der Waals surface area (Å²) in [4.78, 5) is 19.7. The van der Waals surface area contributed by atoms with Crippen LogP contribution in [-0.2, 0) is 15.1 Å². The molecule has 1 fully saturated rings. The number of aliphatic imine (C=N–C) groups is 1. The predicted molar refractivity (Wildman–Crippen MR) is 119 cm³/mol. The molecule has 2 atom stereocenters. The third kappa shape index (κ3) is 3.01. The Morgan fingerprint density at radius 3 is 2.66 bits per heavy atom. The van der Waals surface area contributed by atoms with Gasteiger partial charge in [0.25, 0.3) is 5.91 Å². The number of carbonyl (C=O) groups is 1. The Morgan fingerprint density at radius 2 is 2.00 bits per heavy atom. The second kappa shape index (κ2) is 7.41. The zero-order valence-electron chi connectivity index (χ0n) is 18.5. The van der Waals surface area contributed by atoms with Gasteiger partial charge in [0.1, 0.15) is 22.8 Å². The SMILES string of the molecule is COc1ccc(OC)c(-c2ccc3c(c2)C2(CC4(CCCOC4)O3)N=C(N)N(C)C2=O)c1. The minimum atomic E-state index is -1.14. The van der Waals surface area contributed by atoms with Crippen molar-refractivity contribution in [2.24, 2.45) is 10.7 Å². The second-order valence-electron chi connectivity index (χ2n) is 8.59. The molecule has 168 valence electrons. The average molecular weight is 437 g/mol. The number of hydrogen-bond acceptors (Lipinski definition) is 7. The Bertz CT molecular complexity index is 1110. The van der Waals surface area contributed by atoms with Gasteiger partial charge in [0.2, 0.25) is 0 Å². The number of methoxy groups -OCH3 is 2. The molecule has 2 spiro atoms. The highest BCUT2D eigenvalue weighted by Gasteiger charge is 2.58. The Kier molecular flexibility index (Phi) is 4.78. The molecule has 3 heterocycles. The van der Waals surface area contributed by atoms with Crippen molar-refractivity contribution in [1.82, 2.24) is 4.90 Å². The fraction of sp³-hybridized carbons (Fsp3) is 0.417. The number of nitrogens with zero attached hydrogens (tertiary/aromatic N) is 2. The third-order valence-electron chi connectivity index (χ3n) is 6.64. The van der Waals surface area contributed by atoms with Gasteiger partial charge in [-0.15, -0.1) is 0 Å². The van der Waals surface area contributed by atoms with Crippen molar-refractivity contribution in [2.75, 3.05) is 34.5 Å². The molecule has 2 aromatic rings. The number of fused-ring (bicyclic) bond motifs is 2. The summed E-state index contributed by atoms with van der Waals surface area (Å²) in [6.45, 7) is 1.12. The van der Waals surface area contributed by atoms with E-state index in [4.69, 9.17) is 29.7 Å². The Labute approximate surface area is 186 Å². The number of likely N-dealkylation sites (N-methyl/N-ethyl adjacent to an activating group) is 1. The molecule has 0 aromatic heterocycles. The number of rotatable bonds is 3. The molecule has 32 heavy (non-hydrogen) atoms. The monoisotopic (exact) mass is 437 g/mol. The van der Waals surface area contributed by atoms with E-state index >= 15 is 0 Å². The molecule has 0 aliphatic carbocycles. The zero-order chi connectivity index (χ0) is 22.5. The fourth-order valence-electron chi connectivity index (χ4n) is 5.02. The smallest absolute Gasteiger partial charge is 0.261 e. The van der Waals surface area contributed by atoms with Crippen molar-refractivity contribution in [3.05, 3.63) is 42.0 Å². The van der Waals surface area contributed by atoms with E-state index in [0.717, 1.165) is 24.0 Å². The third-order valence-corrected chi connectivity index (χ3v) is 6.64. The normalized spacial score (nSPS) is 26.7. The summed E-state index contributed by atoms with van der Waals surface area (Å²) in [5, 5.41) is 0. The van der Waals surface area contributed by atoms with Crippen LogP contribution in [0, 0.1) is 0 Å². The largest absolute Gasteiger partial charge is 0.497 e. The summed E-state index contributed by atoms with van der Waals surface area (Å²) in [6.07, 6.45) is 2.05. The van der Waals surface area contributed by atoms with Crippen molar-refractivity contribution >= 4 is 11.9 Å². The first-order valence-electron chi connectivity index (χ1n) is 10.7. The molecule has 8 heteroatoms. The molecule has 8 nitrogen and oxygen atoms in total. The van der Waals surface area contributed by atoms with Crippen LogP contribution >= 0.6 is 0 Å². The van der Waals surface area contributed by atoms with Gasteiger partial charge < -0.3 is 24.7 Å². The molecule has 5 rings (SSSR count). The molecule has 3 aliphatic rings. The van der Waals surface area contributed by atoms with Crippen molar-refractivity contribution in [3.8, 4) is 28.4 Å². The minimum absolute atomic E-state index is 0.153. The van der Waals surface area contributed by atoms with Gasteiger partial charge in [0.15, 0.2) is 11.5 Å². The second-order valence-corrected chi connectivity index (χ2v) is 8.59. The van der Waals surface area contributed by atoms with Crippen LogP contribution in [0.4, 0.5) is 0 Å². The van der Waals surface area contributed by atoms with Crippen molar-refractivity contribution < 1.29 is 23.7 Å². The predicted octanol–water partition coefficient (Wildman–Crippen LogP) is 2.68. The topological polar surface area (TPSA) is 95.6 Å². The van der Waals surface area contributed by atoms with Gasteiger partial charge >= 0.3 is 0 Å². The minimum Gasteiger partial charge on any atom is -0.497 e. The maximum atomic E-state index is 13.5. The van der Waals surface area contributed by atoms with E-state index in [1.807, 2.05) is 36.4 Å². The lowest BCUT2D eigenvalue weighted by molar-refractivity contribution is -0.139. The molecular weight excluding hydrogens is 410 g/mol. The summed E-state index contributed by atoms with van der Waals surface area (Å²) < 4.78 is 23.2. The first kappa shape index (κ1) is 20.6. The first-order chi connectivity index (χ1) is 15.4. The Hall–Kier alpha value is -3.26. The Balaban J connectivity index is 1.69. The van der Waals surface area contributed by atoms with Gasteiger partial charge in [-0.3, -0.25) is 9.69 Å². The number of nitrogens with two attached hydrogens (primary N) is 1. The lowest BCUT2D eigenvalue weighted by atomic mass is 9.74. The van der Waals surface area contributed by atoms with Crippen LogP contribution in [0.2, 0.25) is 0 Å². The van der Waals surface area contributed by atoms with Crippen molar-refractivity contribution in [1.29, 1.82) is 0 Å². The zero-order valence-corrected chi connectivity index (χ0v) is 18.5. The summed E-state index contributed by atoms with van der Waals surface area (Å²) in [5.41, 5.74) is 6.80. The molecule has 0 bridgehead atoms. The lowest BCUT2D eigenvalue weighted by Crippen LogP contribution is -2.55. The van der Waals surface area contributed by atoms with Crippen molar-refractivity contribution in [3.63, 3.8) is 0 Å². The molecule has 3 aliphatic heterocycles. The number of benzene rings is 2. The van der Waals surface area contributed by atoms with Crippen LogP contribution in [0.1, 0.15) is 24.8 Å². The van der Waals surface area contributed by atoms with E-state index in [9.17, 15) is 4.79 Å². The molecule has 1 amide bonds. The number of ether oxygens (including phenoxy) is 4.